The first kappa shape index (κ1) is 26.6. The van der Waals surface area contributed by atoms with E-state index in [1.807, 2.05) is 0 Å². The van der Waals surface area contributed by atoms with Crippen molar-refractivity contribution in [3.05, 3.63) is 0 Å². The molecular weight excluding hydrogens is 400 g/mol. The summed E-state index contributed by atoms with van der Waals surface area (Å²) in [6.07, 6.45) is 0.345. The van der Waals surface area contributed by atoms with Crippen molar-refractivity contribution in [1.82, 2.24) is 21.3 Å². The van der Waals surface area contributed by atoms with Crippen molar-refractivity contribution in [2.75, 3.05) is 0 Å². The Kier molecular flexibility index (Phi) is 7.07. The van der Waals surface area contributed by atoms with Gasteiger partial charge in [0, 0.05) is 0 Å². The molecule has 1 aliphatic rings. The highest BCUT2D eigenvalue weighted by molar-refractivity contribution is 6.09. The van der Waals surface area contributed by atoms with Crippen LogP contribution in [0.4, 0.5) is 0 Å². The van der Waals surface area contributed by atoms with Crippen LogP contribution in [0, 0.1) is 5.41 Å². The van der Waals surface area contributed by atoms with E-state index in [0.717, 1.165) is 0 Å². The molecule has 9 heteroatoms. The van der Waals surface area contributed by atoms with Gasteiger partial charge in [0.25, 0.3) is 0 Å². The highest BCUT2D eigenvalue weighted by Crippen LogP contribution is 2.30. The molecule has 1 aliphatic heterocycles. The summed E-state index contributed by atoms with van der Waals surface area (Å²) in [5.41, 5.74) is -6.92. The van der Waals surface area contributed by atoms with Gasteiger partial charge in [-0.2, -0.15) is 0 Å². The summed E-state index contributed by atoms with van der Waals surface area (Å²) in [5, 5.41) is 10.7. The third-order valence-electron chi connectivity index (χ3n) is 6.05. The molecule has 0 atom stereocenters. The predicted octanol–water partition coefficient (Wildman–Crippen LogP) is 0.955. The van der Waals surface area contributed by atoms with Gasteiger partial charge < -0.3 is 21.3 Å². The standard InChI is InChI=1S/C22H38N4O5/c1-11-22(12-2)16(30)25-20(7,8)14(28)23-18(3,4)13(27)19(5,6)24-15(29)21(9,10)26-17(22)31/h11-12H2,1-10H3,(H,23,28)(H,24,29)(H,25,30)(H,26,31). The molecule has 9 nitrogen and oxygen atoms in total. The van der Waals surface area contributed by atoms with Crippen molar-refractivity contribution in [1.29, 1.82) is 0 Å². The smallest absolute Gasteiger partial charge is 0.245 e. The predicted molar refractivity (Wildman–Crippen MR) is 117 cm³/mol. The Morgan fingerprint density at radius 2 is 0.742 bits per heavy atom. The topological polar surface area (TPSA) is 133 Å². The molecule has 0 aromatic rings. The van der Waals surface area contributed by atoms with Crippen molar-refractivity contribution in [3.8, 4) is 0 Å². The Balaban J connectivity index is 3.64. The molecule has 176 valence electrons. The number of hydrogen-bond donors (Lipinski definition) is 4. The first-order valence-corrected chi connectivity index (χ1v) is 10.6. The zero-order chi connectivity index (χ0) is 24.6. The third-order valence-corrected chi connectivity index (χ3v) is 6.05. The lowest BCUT2D eigenvalue weighted by Crippen LogP contribution is -2.70. The van der Waals surface area contributed by atoms with E-state index in [9.17, 15) is 24.0 Å². The number of rotatable bonds is 2. The van der Waals surface area contributed by atoms with Crippen molar-refractivity contribution in [2.24, 2.45) is 5.41 Å². The number of hydrogen-bond acceptors (Lipinski definition) is 5. The lowest BCUT2D eigenvalue weighted by atomic mass is 9.78. The van der Waals surface area contributed by atoms with Crippen LogP contribution in [0.5, 0.6) is 0 Å². The van der Waals surface area contributed by atoms with E-state index in [-0.39, 0.29) is 12.8 Å². The SMILES string of the molecule is CCC1(CC)C(=O)NC(C)(C)C(=O)NC(C)(C)C(=O)C(C)(C)NC(=O)C(C)(C)NC1=O. The minimum atomic E-state index is -1.47. The van der Waals surface area contributed by atoms with Crippen LogP contribution in [0.25, 0.3) is 0 Å². The maximum Gasteiger partial charge on any atom is 0.245 e. The van der Waals surface area contributed by atoms with Gasteiger partial charge in [0.15, 0.2) is 5.78 Å². The number of carbonyl (C=O) groups excluding carboxylic acids is 5. The van der Waals surface area contributed by atoms with Crippen LogP contribution in [0.15, 0.2) is 0 Å². The molecule has 1 rings (SSSR count). The lowest BCUT2D eigenvalue weighted by molar-refractivity contribution is -0.150. The molecule has 31 heavy (non-hydrogen) atoms. The van der Waals surface area contributed by atoms with Gasteiger partial charge in [-0.1, -0.05) is 13.8 Å². The second-order valence-corrected chi connectivity index (χ2v) is 10.4. The highest BCUT2D eigenvalue weighted by atomic mass is 16.2. The van der Waals surface area contributed by atoms with Crippen LogP contribution in [0.1, 0.15) is 82.1 Å². The van der Waals surface area contributed by atoms with Crippen LogP contribution in [-0.4, -0.2) is 51.6 Å². The van der Waals surface area contributed by atoms with Gasteiger partial charge in [0.1, 0.15) is 16.5 Å². The van der Waals surface area contributed by atoms with Gasteiger partial charge >= 0.3 is 0 Å². The molecule has 1 heterocycles. The Morgan fingerprint density at radius 1 is 0.484 bits per heavy atom. The van der Waals surface area contributed by atoms with E-state index in [1.54, 1.807) is 41.5 Å². The van der Waals surface area contributed by atoms with Gasteiger partial charge in [-0.25, -0.2) is 0 Å². The number of amides is 4. The number of ketones is 1. The second kappa shape index (κ2) is 8.24. The summed E-state index contributed by atoms with van der Waals surface area (Å²) in [5.74, 6) is -2.83. The summed E-state index contributed by atoms with van der Waals surface area (Å²) in [4.78, 5) is 65.7. The second-order valence-electron chi connectivity index (χ2n) is 10.4. The monoisotopic (exact) mass is 438 g/mol. The van der Waals surface area contributed by atoms with Crippen molar-refractivity contribution < 1.29 is 24.0 Å². The van der Waals surface area contributed by atoms with E-state index in [2.05, 4.69) is 21.3 Å². The molecular formula is C22H38N4O5. The Morgan fingerprint density at radius 3 is 1.00 bits per heavy atom. The summed E-state index contributed by atoms with van der Waals surface area (Å²) in [7, 11) is 0. The van der Waals surface area contributed by atoms with Crippen molar-refractivity contribution in [3.63, 3.8) is 0 Å². The Hall–Kier alpha value is -2.45. The molecule has 1 fully saturated rings. The summed E-state index contributed by atoms with van der Waals surface area (Å²) in [6.45, 7) is 15.6. The largest absolute Gasteiger partial charge is 0.342 e. The van der Waals surface area contributed by atoms with Gasteiger partial charge in [-0.3, -0.25) is 24.0 Å². The fourth-order valence-electron chi connectivity index (χ4n) is 3.69. The molecule has 4 N–H and O–H groups in total. The summed E-state index contributed by atoms with van der Waals surface area (Å²) < 4.78 is 0. The maximum atomic E-state index is 13.2. The quantitative estimate of drug-likeness (QED) is 0.477. The molecule has 0 aromatic carbocycles. The zero-order valence-electron chi connectivity index (χ0n) is 20.5. The molecule has 4 amide bonds. The number of carbonyl (C=O) groups is 5. The molecule has 0 saturated carbocycles. The first-order valence-electron chi connectivity index (χ1n) is 10.6. The van der Waals surface area contributed by atoms with Crippen molar-refractivity contribution >= 4 is 29.4 Å². The van der Waals surface area contributed by atoms with Crippen LogP contribution < -0.4 is 21.3 Å². The fraction of sp³-hybridized carbons (Fsp3) is 0.773. The van der Waals surface area contributed by atoms with Crippen LogP contribution in [0.3, 0.4) is 0 Å². The van der Waals surface area contributed by atoms with E-state index in [1.165, 1.54) is 27.7 Å². The minimum absolute atomic E-state index is 0.173. The molecule has 0 aromatic heterocycles. The van der Waals surface area contributed by atoms with Crippen LogP contribution >= 0.6 is 0 Å². The Bertz CT molecular complexity index is 732. The third kappa shape index (κ3) is 5.07. The number of nitrogens with one attached hydrogen (secondary N) is 4. The molecule has 1 saturated heterocycles. The first-order chi connectivity index (χ1) is 13.8. The van der Waals surface area contributed by atoms with E-state index < -0.39 is 57.0 Å². The van der Waals surface area contributed by atoms with Crippen molar-refractivity contribution in [2.45, 2.75) is 104 Å². The highest BCUT2D eigenvalue weighted by Gasteiger charge is 2.50. The molecule has 0 spiro atoms. The maximum absolute atomic E-state index is 13.2. The summed E-state index contributed by atoms with van der Waals surface area (Å²) in [6, 6.07) is 0. The molecule has 0 unspecified atom stereocenters. The van der Waals surface area contributed by atoms with E-state index in [0.29, 0.717) is 0 Å². The molecule has 0 bridgehead atoms. The fourth-order valence-corrected chi connectivity index (χ4v) is 3.69. The normalized spacial score (nSPS) is 25.4. The minimum Gasteiger partial charge on any atom is -0.342 e. The molecule has 0 aliphatic carbocycles. The van der Waals surface area contributed by atoms with Gasteiger partial charge in [-0.15, -0.1) is 0 Å². The summed E-state index contributed by atoms with van der Waals surface area (Å²) >= 11 is 0. The van der Waals surface area contributed by atoms with Crippen LogP contribution in [0.2, 0.25) is 0 Å². The van der Waals surface area contributed by atoms with Gasteiger partial charge in [-0.05, 0) is 68.2 Å². The van der Waals surface area contributed by atoms with Gasteiger partial charge in [0.2, 0.25) is 23.6 Å². The number of Topliss-reactive ketones (excluding diaryl/α,β-unsaturated/α-hetero) is 1. The zero-order valence-corrected chi connectivity index (χ0v) is 20.5. The average molecular weight is 439 g/mol. The van der Waals surface area contributed by atoms with Crippen LogP contribution in [-0.2, 0) is 24.0 Å². The average Bonchev–Trinajstić information content (AvgIpc) is 2.60. The molecule has 0 radical (unpaired) electrons. The van der Waals surface area contributed by atoms with E-state index in [4.69, 9.17) is 0 Å². The Labute approximate surface area is 184 Å². The van der Waals surface area contributed by atoms with E-state index >= 15 is 0 Å². The lowest BCUT2D eigenvalue weighted by Gasteiger charge is -2.41. The van der Waals surface area contributed by atoms with Gasteiger partial charge in [0.05, 0.1) is 11.1 Å².